The largest absolute Gasteiger partial charge is 0.466 e. The van der Waals surface area contributed by atoms with E-state index in [4.69, 9.17) is 0 Å². The molecule has 0 aromatic rings. The number of ether oxygens (including phenoxy) is 2. The number of hydrogen-bond donors (Lipinski definition) is 1. The van der Waals surface area contributed by atoms with Gasteiger partial charge in [0, 0.05) is 18.2 Å². The minimum absolute atomic E-state index is 0.0289. The molecular weight excluding hydrogens is 274 g/mol. The minimum Gasteiger partial charge on any atom is -0.466 e. The molecule has 0 aromatic carbocycles. The first-order valence-electron chi connectivity index (χ1n) is 6.87. The second kappa shape index (κ2) is 8.94. The van der Waals surface area contributed by atoms with E-state index in [0.29, 0.717) is 19.3 Å². The molecule has 116 valence electrons. The van der Waals surface area contributed by atoms with Crippen LogP contribution < -0.4 is 5.32 Å². The van der Waals surface area contributed by atoms with E-state index < -0.39 is 5.97 Å². The van der Waals surface area contributed by atoms with E-state index in [1.807, 2.05) is 0 Å². The van der Waals surface area contributed by atoms with Gasteiger partial charge in [-0.15, -0.1) is 0 Å². The Hall–Kier alpha value is -2.11. The van der Waals surface area contributed by atoms with Gasteiger partial charge in [0.05, 0.1) is 20.1 Å². The molecule has 0 bridgehead atoms. The predicted molar refractivity (Wildman–Crippen MR) is 76.2 cm³/mol. The van der Waals surface area contributed by atoms with Gasteiger partial charge < -0.3 is 14.8 Å². The smallest absolute Gasteiger partial charge is 0.330 e. The lowest BCUT2D eigenvalue weighted by Crippen LogP contribution is -2.57. The quantitative estimate of drug-likeness (QED) is 0.412. The van der Waals surface area contributed by atoms with Crippen LogP contribution in [0, 0.1) is 5.92 Å². The van der Waals surface area contributed by atoms with Gasteiger partial charge >= 0.3 is 11.9 Å². The van der Waals surface area contributed by atoms with Crippen LogP contribution in [0.25, 0.3) is 0 Å². The molecule has 1 amide bonds. The van der Waals surface area contributed by atoms with E-state index in [9.17, 15) is 14.4 Å². The van der Waals surface area contributed by atoms with Crippen LogP contribution in [0.5, 0.6) is 0 Å². The number of β-lactam (4-membered cyclic amide) rings is 1. The Balaban J connectivity index is 2.26. The molecule has 1 saturated heterocycles. The van der Waals surface area contributed by atoms with Crippen molar-refractivity contribution < 1.29 is 23.9 Å². The SMILES string of the molecule is COC(=O)/C=C/CC[C@@H]1C(=O)N[C@@H]1CC/C=C/C(=O)OC. The second-order valence-corrected chi connectivity index (χ2v) is 4.73. The number of amides is 1. The average molecular weight is 295 g/mol. The molecule has 0 aromatic heterocycles. The van der Waals surface area contributed by atoms with Crippen LogP contribution in [0.1, 0.15) is 25.7 Å². The van der Waals surface area contributed by atoms with Crippen LogP contribution in [0.3, 0.4) is 0 Å². The maximum absolute atomic E-state index is 11.5. The number of nitrogens with one attached hydrogen (secondary N) is 1. The summed E-state index contributed by atoms with van der Waals surface area (Å²) in [5.41, 5.74) is 0. The molecule has 0 spiro atoms. The zero-order valence-corrected chi connectivity index (χ0v) is 12.3. The molecular formula is C15H21NO5. The van der Waals surface area contributed by atoms with Crippen LogP contribution >= 0.6 is 0 Å². The van der Waals surface area contributed by atoms with Crippen molar-refractivity contribution in [3.05, 3.63) is 24.3 Å². The van der Waals surface area contributed by atoms with Crippen LogP contribution in [0.2, 0.25) is 0 Å². The summed E-state index contributed by atoms with van der Waals surface area (Å²) in [5, 5.41) is 2.85. The number of esters is 2. The summed E-state index contributed by atoms with van der Waals surface area (Å²) >= 11 is 0. The number of carbonyl (C=O) groups is 3. The second-order valence-electron chi connectivity index (χ2n) is 4.73. The van der Waals surface area contributed by atoms with Gasteiger partial charge in [-0.05, 0) is 25.7 Å². The summed E-state index contributed by atoms with van der Waals surface area (Å²) in [4.78, 5) is 33.3. The molecule has 2 atom stereocenters. The number of carbonyl (C=O) groups excluding carboxylic acids is 3. The lowest BCUT2D eigenvalue weighted by molar-refractivity contribution is -0.136. The summed E-state index contributed by atoms with van der Waals surface area (Å²) in [7, 11) is 2.65. The van der Waals surface area contributed by atoms with Gasteiger partial charge in [-0.3, -0.25) is 4.79 Å². The molecule has 0 saturated carbocycles. The van der Waals surface area contributed by atoms with E-state index in [1.54, 1.807) is 12.2 Å². The first-order valence-corrected chi connectivity index (χ1v) is 6.87. The van der Waals surface area contributed by atoms with Crippen molar-refractivity contribution in [3.8, 4) is 0 Å². The Bertz CT molecular complexity index is 441. The highest BCUT2D eigenvalue weighted by atomic mass is 16.5. The number of rotatable bonds is 8. The molecule has 1 rings (SSSR count). The van der Waals surface area contributed by atoms with Gasteiger partial charge in [-0.25, -0.2) is 9.59 Å². The summed E-state index contributed by atoms with van der Waals surface area (Å²) < 4.78 is 8.97. The zero-order chi connectivity index (χ0) is 15.7. The third kappa shape index (κ3) is 5.81. The lowest BCUT2D eigenvalue weighted by Gasteiger charge is -2.36. The molecule has 1 heterocycles. The normalized spacial score (nSPS) is 21.1. The van der Waals surface area contributed by atoms with Gasteiger partial charge in [0.2, 0.25) is 5.91 Å². The highest BCUT2D eigenvalue weighted by Crippen LogP contribution is 2.24. The molecule has 1 N–H and O–H groups in total. The van der Waals surface area contributed by atoms with Gasteiger partial charge in [0.15, 0.2) is 0 Å². The van der Waals surface area contributed by atoms with E-state index in [1.165, 1.54) is 26.4 Å². The molecule has 0 unspecified atom stereocenters. The maximum atomic E-state index is 11.5. The van der Waals surface area contributed by atoms with Crippen molar-refractivity contribution in [1.82, 2.24) is 5.32 Å². The number of allylic oxidation sites excluding steroid dienone is 2. The average Bonchev–Trinajstić information content (AvgIpc) is 2.49. The molecule has 0 aliphatic carbocycles. The Morgan fingerprint density at radius 2 is 1.57 bits per heavy atom. The Labute approximate surface area is 124 Å². The maximum Gasteiger partial charge on any atom is 0.330 e. The van der Waals surface area contributed by atoms with Gasteiger partial charge in [0.1, 0.15) is 0 Å². The van der Waals surface area contributed by atoms with Crippen LogP contribution in [0.15, 0.2) is 24.3 Å². The molecule has 1 aliphatic rings. The Kier molecular flexibility index (Phi) is 7.21. The zero-order valence-electron chi connectivity index (χ0n) is 12.3. The van der Waals surface area contributed by atoms with E-state index in [2.05, 4.69) is 14.8 Å². The van der Waals surface area contributed by atoms with Gasteiger partial charge in [-0.1, -0.05) is 12.2 Å². The number of hydrogen-bond acceptors (Lipinski definition) is 5. The summed E-state index contributed by atoms with van der Waals surface area (Å²) in [6, 6.07) is 0.131. The first-order chi connectivity index (χ1) is 10.1. The molecule has 0 radical (unpaired) electrons. The van der Waals surface area contributed by atoms with Crippen molar-refractivity contribution in [2.24, 2.45) is 5.92 Å². The molecule has 1 fully saturated rings. The van der Waals surface area contributed by atoms with Crippen molar-refractivity contribution in [2.45, 2.75) is 31.7 Å². The standard InChI is InChI=1S/C15H21NO5/c1-20-13(17)9-5-3-7-11-12(16-15(11)19)8-4-6-10-14(18)21-2/h5-6,9-12H,3-4,7-8H2,1-2H3,(H,16,19)/b9-5+,10-6+/t11-,12+/m0/s1. The topological polar surface area (TPSA) is 81.7 Å². The van der Waals surface area contributed by atoms with E-state index in [-0.39, 0.29) is 23.8 Å². The van der Waals surface area contributed by atoms with Crippen molar-refractivity contribution in [3.63, 3.8) is 0 Å². The summed E-state index contributed by atoms with van der Waals surface area (Å²) in [6.07, 6.45) is 9.04. The molecule has 6 nitrogen and oxygen atoms in total. The monoisotopic (exact) mass is 295 g/mol. The van der Waals surface area contributed by atoms with Gasteiger partial charge in [0.25, 0.3) is 0 Å². The van der Waals surface area contributed by atoms with Crippen LogP contribution in [-0.2, 0) is 23.9 Å². The third-order valence-corrected chi connectivity index (χ3v) is 3.35. The van der Waals surface area contributed by atoms with E-state index in [0.717, 1.165) is 6.42 Å². The third-order valence-electron chi connectivity index (χ3n) is 3.35. The molecule has 21 heavy (non-hydrogen) atoms. The molecule has 1 aliphatic heterocycles. The fourth-order valence-corrected chi connectivity index (χ4v) is 2.13. The highest BCUT2D eigenvalue weighted by molar-refractivity contribution is 5.86. The van der Waals surface area contributed by atoms with Crippen LogP contribution in [0.4, 0.5) is 0 Å². The summed E-state index contributed by atoms with van der Waals surface area (Å²) in [5.74, 6) is -0.753. The van der Waals surface area contributed by atoms with Crippen molar-refractivity contribution in [2.75, 3.05) is 14.2 Å². The van der Waals surface area contributed by atoms with Crippen LogP contribution in [-0.4, -0.2) is 38.1 Å². The predicted octanol–water partition coefficient (Wildman–Crippen LogP) is 1.12. The molecule has 6 heteroatoms. The lowest BCUT2D eigenvalue weighted by atomic mass is 9.83. The Morgan fingerprint density at radius 1 is 1.05 bits per heavy atom. The summed E-state index contributed by atoms with van der Waals surface area (Å²) in [6.45, 7) is 0. The fourth-order valence-electron chi connectivity index (χ4n) is 2.13. The van der Waals surface area contributed by atoms with Crippen molar-refractivity contribution >= 4 is 17.8 Å². The first kappa shape index (κ1) is 16.9. The van der Waals surface area contributed by atoms with E-state index >= 15 is 0 Å². The Morgan fingerprint density at radius 3 is 2.05 bits per heavy atom. The fraction of sp³-hybridized carbons (Fsp3) is 0.533. The minimum atomic E-state index is -0.391. The van der Waals surface area contributed by atoms with Crippen molar-refractivity contribution in [1.29, 1.82) is 0 Å². The highest BCUT2D eigenvalue weighted by Gasteiger charge is 2.37. The number of methoxy groups -OCH3 is 2. The van der Waals surface area contributed by atoms with Gasteiger partial charge in [-0.2, -0.15) is 0 Å².